The molecule has 1 unspecified atom stereocenters. The van der Waals surface area contributed by atoms with Gasteiger partial charge in [0.1, 0.15) is 0 Å². The number of hydrogen-bond donors (Lipinski definition) is 2. The lowest BCUT2D eigenvalue weighted by Crippen LogP contribution is -2.44. The van der Waals surface area contributed by atoms with Crippen molar-refractivity contribution >= 4 is 17.3 Å². The van der Waals surface area contributed by atoms with Crippen molar-refractivity contribution in [2.75, 3.05) is 45.9 Å². The van der Waals surface area contributed by atoms with E-state index in [-0.39, 0.29) is 0 Å². The number of aliphatic imine (C=N–C) groups is 1. The third-order valence-electron chi connectivity index (χ3n) is 3.83. The summed E-state index contributed by atoms with van der Waals surface area (Å²) >= 11 is 1.76. The molecule has 7 heteroatoms. The number of aromatic nitrogens is 1. The van der Waals surface area contributed by atoms with E-state index in [1.54, 1.807) is 11.3 Å². The quantitative estimate of drug-likeness (QED) is 0.579. The lowest BCUT2D eigenvalue weighted by Gasteiger charge is -2.31. The van der Waals surface area contributed by atoms with Gasteiger partial charge < -0.3 is 15.4 Å². The van der Waals surface area contributed by atoms with Gasteiger partial charge in [-0.2, -0.15) is 0 Å². The summed E-state index contributed by atoms with van der Waals surface area (Å²) < 4.78 is 5.40. The second kappa shape index (κ2) is 9.85. The fourth-order valence-electron chi connectivity index (χ4n) is 2.50. The van der Waals surface area contributed by atoms with Gasteiger partial charge in [0.05, 0.1) is 24.8 Å². The Morgan fingerprint density at radius 1 is 1.43 bits per heavy atom. The zero-order valence-corrected chi connectivity index (χ0v) is 15.3. The molecule has 0 saturated carbocycles. The predicted molar refractivity (Wildman–Crippen MR) is 96.4 cm³/mol. The van der Waals surface area contributed by atoms with E-state index < -0.39 is 0 Å². The molecule has 0 amide bonds. The largest absolute Gasteiger partial charge is 0.379 e. The van der Waals surface area contributed by atoms with Crippen LogP contribution in [0.5, 0.6) is 0 Å². The van der Waals surface area contributed by atoms with E-state index in [0.717, 1.165) is 58.3 Å². The van der Waals surface area contributed by atoms with Crippen molar-refractivity contribution in [1.82, 2.24) is 20.5 Å². The monoisotopic (exact) mass is 339 g/mol. The number of nitrogens with zero attached hydrogens (tertiary/aromatic N) is 3. The molecule has 23 heavy (non-hydrogen) atoms. The zero-order valence-electron chi connectivity index (χ0n) is 14.5. The van der Waals surface area contributed by atoms with E-state index in [2.05, 4.69) is 41.3 Å². The lowest BCUT2D eigenvalue weighted by atomic mass is 10.2. The number of rotatable bonds is 7. The fraction of sp³-hybridized carbons (Fsp3) is 0.750. The Morgan fingerprint density at radius 3 is 2.87 bits per heavy atom. The second-order valence-electron chi connectivity index (χ2n) is 5.76. The van der Waals surface area contributed by atoms with E-state index in [4.69, 9.17) is 9.73 Å². The lowest BCUT2D eigenvalue weighted by molar-refractivity contribution is 0.0220. The van der Waals surface area contributed by atoms with Gasteiger partial charge in [-0.15, -0.1) is 11.3 Å². The molecule has 0 bridgehead atoms. The van der Waals surface area contributed by atoms with Crippen LogP contribution in [0.3, 0.4) is 0 Å². The number of hydrogen-bond acceptors (Lipinski definition) is 5. The molecule has 1 aromatic rings. The van der Waals surface area contributed by atoms with Gasteiger partial charge in [-0.1, -0.05) is 0 Å². The fourth-order valence-corrected chi connectivity index (χ4v) is 3.29. The first-order valence-corrected chi connectivity index (χ1v) is 9.26. The van der Waals surface area contributed by atoms with Crippen molar-refractivity contribution in [2.24, 2.45) is 4.99 Å². The highest BCUT2D eigenvalue weighted by atomic mass is 32.1. The summed E-state index contributed by atoms with van der Waals surface area (Å²) in [4.78, 5) is 12.8. The summed E-state index contributed by atoms with van der Waals surface area (Å²) in [6.07, 6.45) is 2.87. The van der Waals surface area contributed by atoms with Crippen molar-refractivity contribution in [3.05, 3.63) is 16.1 Å². The number of ether oxygens (including phenoxy) is 1. The topological polar surface area (TPSA) is 61.8 Å². The molecule has 2 heterocycles. The molecule has 6 nitrogen and oxygen atoms in total. The van der Waals surface area contributed by atoms with Crippen molar-refractivity contribution in [2.45, 2.75) is 33.2 Å². The van der Waals surface area contributed by atoms with E-state index >= 15 is 0 Å². The van der Waals surface area contributed by atoms with Crippen molar-refractivity contribution in [3.63, 3.8) is 0 Å². The molecule has 0 aliphatic carbocycles. The van der Waals surface area contributed by atoms with Gasteiger partial charge in [-0.3, -0.25) is 9.89 Å². The molecule has 1 aliphatic heterocycles. The number of thiazole rings is 1. The summed E-state index contributed by atoms with van der Waals surface area (Å²) in [6, 6.07) is 0.441. The molecule has 2 N–H and O–H groups in total. The van der Waals surface area contributed by atoms with Crippen LogP contribution in [0.4, 0.5) is 0 Å². The standard InChI is InChI=1S/C16H29N5OS/c1-4-17-16(18-6-5-15-19-12-14(3)23-15)20-11-13(2)21-7-9-22-10-8-21/h12-13H,4-11H2,1-3H3,(H2,17,18,20). The van der Waals surface area contributed by atoms with Crippen molar-refractivity contribution in [1.29, 1.82) is 0 Å². The second-order valence-corrected chi connectivity index (χ2v) is 7.08. The first kappa shape index (κ1) is 18.2. The van der Waals surface area contributed by atoms with E-state index in [9.17, 15) is 0 Å². The Labute approximate surface area is 143 Å². The highest BCUT2D eigenvalue weighted by Crippen LogP contribution is 2.10. The number of guanidine groups is 1. The molecule has 0 aromatic carbocycles. The molecule has 1 atom stereocenters. The molecule has 0 radical (unpaired) electrons. The molecule has 1 aromatic heterocycles. The average molecular weight is 340 g/mol. The van der Waals surface area contributed by atoms with Crippen LogP contribution in [-0.2, 0) is 11.2 Å². The molecular formula is C16H29N5OS. The van der Waals surface area contributed by atoms with Crippen LogP contribution in [0.2, 0.25) is 0 Å². The Bertz CT molecular complexity index is 485. The van der Waals surface area contributed by atoms with Crippen LogP contribution >= 0.6 is 11.3 Å². The summed E-state index contributed by atoms with van der Waals surface area (Å²) in [6.45, 7) is 12.6. The van der Waals surface area contributed by atoms with Gasteiger partial charge in [0.25, 0.3) is 0 Å². The SMILES string of the molecule is CCNC(=NCC(C)N1CCOCC1)NCCc1ncc(C)s1. The average Bonchev–Trinajstić information content (AvgIpc) is 2.98. The highest BCUT2D eigenvalue weighted by Gasteiger charge is 2.16. The summed E-state index contributed by atoms with van der Waals surface area (Å²) in [5.74, 6) is 0.890. The molecule has 130 valence electrons. The van der Waals surface area contributed by atoms with Gasteiger partial charge in [-0.05, 0) is 20.8 Å². The summed E-state index contributed by atoms with van der Waals surface area (Å²) in [5, 5.41) is 7.88. The normalized spacial score (nSPS) is 18.0. The van der Waals surface area contributed by atoms with Crippen LogP contribution < -0.4 is 10.6 Å². The van der Waals surface area contributed by atoms with Crippen LogP contribution in [-0.4, -0.2) is 67.8 Å². The molecular weight excluding hydrogens is 310 g/mol. The summed E-state index contributed by atoms with van der Waals surface area (Å²) in [7, 11) is 0. The summed E-state index contributed by atoms with van der Waals surface area (Å²) in [5.41, 5.74) is 0. The predicted octanol–water partition coefficient (Wildman–Crippen LogP) is 1.27. The van der Waals surface area contributed by atoms with Crippen molar-refractivity contribution < 1.29 is 4.74 Å². The van der Waals surface area contributed by atoms with Crippen LogP contribution in [0.1, 0.15) is 23.7 Å². The van der Waals surface area contributed by atoms with E-state index in [1.807, 2.05) is 6.20 Å². The Morgan fingerprint density at radius 2 is 2.22 bits per heavy atom. The number of morpholine rings is 1. The first-order valence-electron chi connectivity index (χ1n) is 8.44. The van der Waals surface area contributed by atoms with Crippen molar-refractivity contribution in [3.8, 4) is 0 Å². The minimum atomic E-state index is 0.441. The van der Waals surface area contributed by atoms with Gasteiger partial charge in [0.15, 0.2) is 5.96 Å². The van der Waals surface area contributed by atoms with Crippen LogP contribution in [0.25, 0.3) is 0 Å². The van der Waals surface area contributed by atoms with Gasteiger partial charge in [0.2, 0.25) is 0 Å². The van der Waals surface area contributed by atoms with Crippen LogP contribution in [0.15, 0.2) is 11.2 Å². The molecule has 2 rings (SSSR count). The van der Waals surface area contributed by atoms with Crippen LogP contribution in [0, 0.1) is 6.92 Å². The molecule has 1 saturated heterocycles. The Hall–Kier alpha value is -1.18. The number of nitrogens with one attached hydrogen (secondary N) is 2. The Balaban J connectivity index is 1.76. The highest BCUT2D eigenvalue weighted by molar-refractivity contribution is 7.11. The van der Waals surface area contributed by atoms with Gasteiger partial charge in [0, 0.05) is 49.7 Å². The zero-order chi connectivity index (χ0) is 16.5. The van der Waals surface area contributed by atoms with E-state index in [0.29, 0.717) is 6.04 Å². The van der Waals surface area contributed by atoms with E-state index in [1.165, 1.54) is 9.88 Å². The maximum Gasteiger partial charge on any atom is 0.191 e. The third kappa shape index (κ3) is 6.45. The maximum absolute atomic E-state index is 5.40. The minimum absolute atomic E-state index is 0.441. The van der Waals surface area contributed by atoms with Gasteiger partial charge in [-0.25, -0.2) is 4.98 Å². The Kier molecular flexibility index (Phi) is 7.78. The number of aryl methyl sites for hydroxylation is 1. The maximum atomic E-state index is 5.40. The first-order chi connectivity index (χ1) is 11.2. The minimum Gasteiger partial charge on any atom is -0.379 e. The molecule has 0 spiro atoms. The molecule has 1 fully saturated rings. The smallest absolute Gasteiger partial charge is 0.191 e. The van der Waals surface area contributed by atoms with Gasteiger partial charge >= 0.3 is 0 Å². The molecule has 1 aliphatic rings. The third-order valence-corrected chi connectivity index (χ3v) is 4.80.